The Bertz CT molecular complexity index is 203. The van der Waals surface area contributed by atoms with E-state index >= 15 is 0 Å². The van der Waals surface area contributed by atoms with Gasteiger partial charge in [0.15, 0.2) is 0 Å². The molecular weight excluding hydrogens is 196 g/mol. The molecule has 1 unspecified atom stereocenters. The van der Waals surface area contributed by atoms with Gasteiger partial charge in [-0.05, 0) is 36.1 Å². The monoisotopic (exact) mass is 226 g/mol. The number of hydrogen-bond donors (Lipinski definition) is 2. The van der Waals surface area contributed by atoms with Crippen LogP contribution in [0.25, 0.3) is 0 Å². The fourth-order valence-electron chi connectivity index (χ4n) is 2.16. The van der Waals surface area contributed by atoms with E-state index in [0.29, 0.717) is 10.8 Å². The van der Waals surface area contributed by atoms with E-state index < -0.39 is 0 Å². The highest BCUT2D eigenvalue weighted by Crippen LogP contribution is 2.27. The van der Waals surface area contributed by atoms with Gasteiger partial charge < -0.3 is 10.6 Å². The molecule has 1 rings (SSSR count). The van der Waals surface area contributed by atoms with Crippen LogP contribution in [0, 0.1) is 16.7 Å². The third-order valence-corrected chi connectivity index (χ3v) is 4.38. The van der Waals surface area contributed by atoms with Crippen molar-refractivity contribution in [3.63, 3.8) is 0 Å². The van der Waals surface area contributed by atoms with Crippen molar-refractivity contribution in [2.24, 2.45) is 16.7 Å². The van der Waals surface area contributed by atoms with E-state index in [-0.39, 0.29) is 0 Å². The Hall–Kier alpha value is -0.0800. The topological polar surface area (TPSA) is 24.1 Å². The highest BCUT2D eigenvalue weighted by molar-refractivity contribution is 4.84. The first-order valence-electron chi connectivity index (χ1n) is 6.77. The first-order valence-corrected chi connectivity index (χ1v) is 6.77. The van der Waals surface area contributed by atoms with Crippen molar-refractivity contribution in [3.05, 3.63) is 0 Å². The average molecular weight is 226 g/mol. The summed E-state index contributed by atoms with van der Waals surface area (Å²) in [5.41, 5.74) is 0.865. The Morgan fingerprint density at radius 3 is 2.56 bits per heavy atom. The Kier molecular flexibility index (Phi) is 4.81. The molecule has 2 N–H and O–H groups in total. The van der Waals surface area contributed by atoms with Crippen LogP contribution in [0.5, 0.6) is 0 Å². The van der Waals surface area contributed by atoms with Crippen molar-refractivity contribution in [1.29, 1.82) is 0 Å². The molecule has 0 radical (unpaired) electrons. The highest BCUT2D eigenvalue weighted by Gasteiger charge is 2.28. The van der Waals surface area contributed by atoms with Crippen LogP contribution in [0.2, 0.25) is 0 Å². The van der Waals surface area contributed by atoms with Crippen molar-refractivity contribution in [1.82, 2.24) is 10.6 Å². The van der Waals surface area contributed by atoms with Crippen LogP contribution in [0.1, 0.15) is 47.5 Å². The van der Waals surface area contributed by atoms with E-state index in [0.717, 1.165) is 19.0 Å². The molecule has 0 bridgehead atoms. The lowest BCUT2D eigenvalue weighted by Gasteiger charge is -2.36. The lowest BCUT2D eigenvalue weighted by molar-refractivity contribution is 0.191. The van der Waals surface area contributed by atoms with Gasteiger partial charge in [-0.15, -0.1) is 0 Å². The molecule has 16 heavy (non-hydrogen) atoms. The smallest absolute Gasteiger partial charge is 0.00176 e. The van der Waals surface area contributed by atoms with E-state index in [4.69, 9.17) is 0 Å². The minimum atomic E-state index is 0.401. The van der Waals surface area contributed by atoms with Crippen LogP contribution in [-0.2, 0) is 0 Å². The van der Waals surface area contributed by atoms with E-state index in [1.165, 1.54) is 25.9 Å². The van der Waals surface area contributed by atoms with Gasteiger partial charge in [-0.25, -0.2) is 0 Å². The predicted octanol–water partition coefficient (Wildman–Crippen LogP) is 2.65. The summed E-state index contributed by atoms with van der Waals surface area (Å²) in [6.45, 7) is 16.4. The van der Waals surface area contributed by atoms with Crippen molar-refractivity contribution < 1.29 is 0 Å². The summed E-state index contributed by atoms with van der Waals surface area (Å²) in [5, 5.41) is 7.18. The summed E-state index contributed by atoms with van der Waals surface area (Å²) in [7, 11) is 0. The second-order valence-electron chi connectivity index (χ2n) is 6.84. The summed E-state index contributed by atoms with van der Waals surface area (Å²) >= 11 is 0. The van der Waals surface area contributed by atoms with Gasteiger partial charge in [-0.1, -0.05) is 34.6 Å². The minimum Gasteiger partial charge on any atom is -0.316 e. The van der Waals surface area contributed by atoms with Gasteiger partial charge in [0.25, 0.3) is 0 Å². The van der Waals surface area contributed by atoms with Crippen LogP contribution in [0.3, 0.4) is 0 Å². The Morgan fingerprint density at radius 2 is 2.06 bits per heavy atom. The maximum Gasteiger partial charge on any atom is 0.00176 e. The summed E-state index contributed by atoms with van der Waals surface area (Å²) in [5.74, 6) is 0.734. The summed E-state index contributed by atoms with van der Waals surface area (Å²) in [6, 6.07) is 0. The number of hydrogen-bond acceptors (Lipinski definition) is 2. The molecule has 2 nitrogen and oxygen atoms in total. The van der Waals surface area contributed by atoms with Gasteiger partial charge in [0.05, 0.1) is 0 Å². The lowest BCUT2D eigenvalue weighted by Crippen LogP contribution is -2.46. The second-order valence-corrected chi connectivity index (χ2v) is 6.84. The van der Waals surface area contributed by atoms with Gasteiger partial charge in [0, 0.05) is 19.6 Å². The summed E-state index contributed by atoms with van der Waals surface area (Å²) in [4.78, 5) is 0. The van der Waals surface area contributed by atoms with Crippen molar-refractivity contribution in [2.45, 2.75) is 47.5 Å². The third-order valence-electron chi connectivity index (χ3n) is 4.38. The molecule has 0 saturated carbocycles. The Morgan fingerprint density at radius 1 is 1.38 bits per heavy atom. The standard InChI is InChI=1S/C14H30N2/c1-12(2)13(3,4)9-16-11-14(5)7-6-8-15-10-14/h12,15-16H,6-11H2,1-5H3. The minimum absolute atomic E-state index is 0.401. The molecule has 1 heterocycles. The summed E-state index contributed by atoms with van der Waals surface area (Å²) < 4.78 is 0. The molecule has 0 amide bonds. The van der Waals surface area contributed by atoms with Crippen molar-refractivity contribution in [2.75, 3.05) is 26.2 Å². The molecule has 1 fully saturated rings. The zero-order chi connectivity index (χ0) is 12.2. The SMILES string of the molecule is CC(C)C(C)(C)CNCC1(C)CCCNC1. The van der Waals surface area contributed by atoms with Gasteiger partial charge in [0.2, 0.25) is 0 Å². The fraction of sp³-hybridized carbons (Fsp3) is 1.00. The van der Waals surface area contributed by atoms with E-state index in [9.17, 15) is 0 Å². The molecule has 1 atom stereocenters. The van der Waals surface area contributed by atoms with E-state index in [2.05, 4.69) is 45.3 Å². The van der Waals surface area contributed by atoms with Gasteiger partial charge >= 0.3 is 0 Å². The first kappa shape index (κ1) is 14.0. The Balaban J connectivity index is 2.29. The summed E-state index contributed by atoms with van der Waals surface area (Å²) in [6.07, 6.45) is 2.68. The highest BCUT2D eigenvalue weighted by atomic mass is 14.9. The molecule has 1 saturated heterocycles. The predicted molar refractivity (Wildman–Crippen MR) is 71.7 cm³/mol. The fourth-order valence-corrected chi connectivity index (χ4v) is 2.16. The van der Waals surface area contributed by atoms with E-state index in [1.807, 2.05) is 0 Å². The maximum absolute atomic E-state index is 3.68. The second kappa shape index (κ2) is 5.50. The van der Waals surface area contributed by atoms with Crippen molar-refractivity contribution >= 4 is 0 Å². The number of nitrogens with one attached hydrogen (secondary N) is 2. The van der Waals surface area contributed by atoms with Crippen LogP contribution >= 0.6 is 0 Å². The molecule has 1 aliphatic rings. The molecule has 2 heteroatoms. The normalized spacial score (nSPS) is 27.4. The number of piperidine rings is 1. The third kappa shape index (κ3) is 4.06. The Labute approximate surface area is 102 Å². The first-order chi connectivity index (χ1) is 7.36. The van der Waals surface area contributed by atoms with E-state index in [1.54, 1.807) is 0 Å². The average Bonchev–Trinajstić information content (AvgIpc) is 2.17. The van der Waals surface area contributed by atoms with Gasteiger partial charge in [-0.2, -0.15) is 0 Å². The molecular formula is C14H30N2. The molecule has 96 valence electrons. The molecule has 0 aromatic rings. The zero-order valence-electron chi connectivity index (χ0n) is 11.8. The molecule has 0 aliphatic carbocycles. The van der Waals surface area contributed by atoms with Gasteiger partial charge in [-0.3, -0.25) is 0 Å². The van der Waals surface area contributed by atoms with Crippen LogP contribution < -0.4 is 10.6 Å². The maximum atomic E-state index is 3.68. The molecule has 1 aliphatic heterocycles. The zero-order valence-corrected chi connectivity index (χ0v) is 11.8. The van der Waals surface area contributed by atoms with Crippen LogP contribution in [0.15, 0.2) is 0 Å². The quantitative estimate of drug-likeness (QED) is 0.753. The van der Waals surface area contributed by atoms with Crippen LogP contribution in [-0.4, -0.2) is 26.2 Å². The molecule has 0 aromatic carbocycles. The number of rotatable bonds is 5. The lowest BCUT2D eigenvalue weighted by atomic mass is 9.79. The largest absolute Gasteiger partial charge is 0.316 e. The van der Waals surface area contributed by atoms with Gasteiger partial charge in [0.1, 0.15) is 0 Å². The molecule has 0 aromatic heterocycles. The van der Waals surface area contributed by atoms with Crippen LogP contribution in [0.4, 0.5) is 0 Å². The molecule has 0 spiro atoms. The van der Waals surface area contributed by atoms with Crippen molar-refractivity contribution in [3.8, 4) is 0 Å².